The van der Waals surface area contributed by atoms with E-state index in [0.717, 1.165) is 32.3 Å². The lowest BCUT2D eigenvalue weighted by Gasteiger charge is -2.25. The number of rotatable bonds is 10. The van der Waals surface area contributed by atoms with Gasteiger partial charge in [-0.2, -0.15) is 0 Å². The lowest BCUT2D eigenvalue weighted by Crippen LogP contribution is -2.27. The monoisotopic (exact) mass is 262 g/mol. The zero-order chi connectivity index (χ0) is 13.2. The number of unbranched alkanes of at least 4 members (excludes halogenated alkanes) is 4. The summed E-state index contributed by atoms with van der Waals surface area (Å²) in [6.45, 7) is 3.66. The van der Waals surface area contributed by atoms with Gasteiger partial charge in [0.05, 0.1) is 19.8 Å². The lowest BCUT2D eigenvalue weighted by molar-refractivity contribution is -0.0364. The molecule has 0 aliphatic carbocycles. The smallest absolute Gasteiger partial charge is 0.0716 e. The fourth-order valence-corrected chi connectivity index (χ4v) is 2.38. The van der Waals surface area contributed by atoms with Gasteiger partial charge >= 0.3 is 0 Å². The summed E-state index contributed by atoms with van der Waals surface area (Å²) in [6, 6.07) is 10.4. The van der Waals surface area contributed by atoms with E-state index < -0.39 is 0 Å². The number of benzene rings is 1. The minimum absolute atomic E-state index is 0.753. The summed E-state index contributed by atoms with van der Waals surface area (Å²) in [6.07, 6.45) is 7.95. The Morgan fingerprint density at radius 2 is 1.68 bits per heavy atom. The molecule has 0 N–H and O–H groups in total. The molecule has 1 fully saturated rings. The van der Waals surface area contributed by atoms with Crippen molar-refractivity contribution in [1.29, 1.82) is 0 Å². The molecule has 106 valence electrons. The topological polar surface area (TPSA) is 18.5 Å². The lowest BCUT2D eigenvalue weighted by atomic mass is 9.99. The van der Waals surface area contributed by atoms with Gasteiger partial charge in [0.1, 0.15) is 0 Å². The maximum absolute atomic E-state index is 5.67. The van der Waals surface area contributed by atoms with Crippen LogP contribution in [0.5, 0.6) is 0 Å². The van der Waals surface area contributed by atoms with E-state index in [4.69, 9.17) is 9.47 Å². The molecule has 1 aliphatic heterocycles. The van der Waals surface area contributed by atoms with Crippen LogP contribution in [-0.4, -0.2) is 19.8 Å². The van der Waals surface area contributed by atoms with Crippen LogP contribution in [0.4, 0.5) is 0 Å². The second-order valence-corrected chi connectivity index (χ2v) is 5.50. The first kappa shape index (κ1) is 14.5. The summed E-state index contributed by atoms with van der Waals surface area (Å²) in [4.78, 5) is 0. The molecule has 2 nitrogen and oxygen atoms in total. The van der Waals surface area contributed by atoms with Crippen LogP contribution < -0.4 is 0 Å². The standard InChI is InChI=1S/C17H26O2/c1(2-5-11-17-14-19-15-17)3-8-12-18-13-16-9-6-4-7-10-16/h4,6-7,9-10,17H,1-3,5,8,11-15H2. The summed E-state index contributed by atoms with van der Waals surface area (Å²) in [5.74, 6) is 0.870. The molecule has 0 aromatic heterocycles. The molecule has 0 spiro atoms. The maximum atomic E-state index is 5.67. The Kier molecular flexibility index (Phi) is 6.97. The highest BCUT2D eigenvalue weighted by Crippen LogP contribution is 2.18. The van der Waals surface area contributed by atoms with Crippen molar-refractivity contribution in [2.45, 2.75) is 45.1 Å². The van der Waals surface area contributed by atoms with Crippen LogP contribution in [0, 0.1) is 5.92 Å². The molecular formula is C17H26O2. The van der Waals surface area contributed by atoms with E-state index in [-0.39, 0.29) is 0 Å². The van der Waals surface area contributed by atoms with Crippen molar-refractivity contribution in [1.82, 2.24) is 0 Å². The van der Waals surface area contributed by atoms with Gasteiger partial charge in [0.15, 0.2) is 0 Å². The third-order valence-corrected chi connectivity index (χ3v) is 3.72. The number of hydrogen-bond acceptors (Lipinski definition) is 2. The van der Waals surface area contributed by atoms with Crippen LogP contribution in [0.25, 0.3) is 0 Å². The molecule has 0 radical (unpaired) electrons. The van der Waals surface area contributed by atoms with E-state index in [1.165, 1.54) is 44.1 Å². The summed E-state index contributed by atoms with van der Waals surface area (Å²) in [5, 5.41) is 0. The van der Waals surface area contributed by atoms with E-state index in [1.54, 1.807) is 0 Å². The molecule has 1 heterocycles. The van der Waals surface area contributed by atoms with Gasteiger partial charge in [0.25, 0.3) is 0 Å². The van der Waals surface area contributed by atoms with Crippen LogP contribution >= 0.6 is 0 Å². The molecule has 0 saturated carbocycles. The van der Waals surface area contributed by atoms with Crippen molar-refractivity contribution in [3.05, 3.63) is 35.9 Å². The fraction of sp³-hybridized carbons (Fsp3) is 0.647. The van der Waals surface area contributed by atoms with E-state index in [1.807, 2.05) is 6.07 Å². The first-order chi connectivity index (χ1) is 9.45. The minimum Gasteiger partial charge on any atom is -0.381 e. The van der Waals surface area contributed by atoms with Gasteiger partial charge in [-0.25, -0.2) is 0 Å². The van der Waals surface area contributed by atoms with Crippen LogP contribution in [0.2, 0.25) is 0 Å². The SMILES string of the molecule is c1ccc(COCCCCCCCC2COC2)cc1. The van der Waals surface area contributed by atoms with Gasteiger partial charge in [0.2, 0.25) is 0 Å². The van der Waals surface area contributed by atoms with Crippen LogP contribution in [-0.2, 0) is 16.1 Å². The van der Waals surface area contributed by atoms with Gasteiger partial charge in [0, 0.05) is 12.5 Å². The molecule has 2 rings (SSSR count). The Balaban J connectivity index is 1.34. The Labute approximate surface area is 117 Å². The van der Waals surface area contributed by atoms with E-state index in [2.05, 4.69) is 24.3 Å². The Morgan fingerprint density at radius 3 is 2.42 bits per heavy atom. The molecule has 1 aromatic rings. The molecule has 1 saturated heterocycles. The summed E-state index contributed by atoms with van der Waals surface area (Å²) < 4.78 is 10.9. The molecule has 2 heteroatoms. The second kappa shape index (κ2) is 9.11. The summed E-state index contributed by atoms with van der Waals surface area (Å²) in [5.41, 5.74) is 1.27. The molecular weight excluding hydrogens is 236 g/mol. The molecule has 0 amide bonds. The Bertz CT molecular complexity index is 319. The maximum Gasteiger partial charge on any atom is 0.0716 e. The molecule has 0 atom stereocenters. The summed E-state index contributed by atoms with van der Waals surface area (Å²) >= 11 is 0. The Morgan fingerprint density at radius 1 is 0.947 bits per heavy atom. The Hall–Kier alpha value is -0.860. The fourth-order valence-electron chi connectivity index (χ4n) is 2.38. The average Bonchev–Trinajstić information content (AvgIpc) is 2.40. The highest BCUT2D eigenvalue weighted by Gasteiger charge is 2.16. The molecule has 19 heavy (non-hydrogen) atoms. The highest BCUT2D eigenvalue weighted by atomic mass is 16.5. The van der Waals surface area contributed by atoms with Crippen molar-refractivity contribution < 1.29 is 9.47 Å². The number of ether oxygens (including phenoxy) is 2. The zero-order valence-electron chi connectivity index (χ0n) is 11.9. The number of hydrogen-bond donors (Lipinski definition) is 0. The first-order valence-corrected chi connectivity index (χ1v) is 7.64. The third-order valence-electron chi connectivity index (χ3n) is 3.72. The van der Waals surface area contributed by atoms with E-state index in [9.17, 15) is 0 Å². The summed E-state index contributed by atoms with van der Waals surface area (Å²) in [7, 11) is 0. The first-order valence-electron chi connectivity index (χ1n) is 7.64. The van der Waals surface area contributed by atoms with Gasteiger partial charge in [-0.1, -0.05) is 56.0 Å². The van der Waals surface area contributed by atoms with E-state index in [0.29, 0.717) is 0 Å². The molecule has 1 aliphatic rings. The molecule has 0 bridgehead atoms. The van der Waals surface area contributed by atoms with Crippen LogP contribution in [0.3, 0.4) is 0 Å². The van der Waals surface area contributed by atoms with E-state index >= 15 is 0 Å². The van der Waals surface area contributed by atoms with Crippen LogP contribution in [0.1, 0.15) is 44.1 Å². The third kappa shape index (κ3) is 6.22. The van der Waals surface area contributed by atoms with Gasteiger partial charge in [-0.15, -0.1) is 0 Å². The average molecular weight is 262 g/mol. The van der Waals surface area contributed by atoms with Gasteiger partial charge < -0.3 is 9.47 Å². The molecule has 1 aromatic carbocycles. The molecule has 0 unspecified atom stereocenters. The van der Waals surface area contributed by atoms with Crippen molar-refractivity contribution in [2.24, 2.45) is 5.92 Å². The van der Waals surface area contributed by atoms with Crippen molar-refractivity contribution >= 4 is 0 Å². The van der Waals surface area contributed by atoms with Crippen molar-refractivity contribution in [2.75, 3.05) is 19.8 Å². The highest BCUT2D eigenvalue weighted by molar-refractivity contribution is 5.13. The van der Waals surface area contributed by atoms with Gasteiger partial charge in [-0.05, 0) is 18.4 Å². The second-order valence-electron chi connectivity index (χ2n) is 5.50. The largest absolute Gasteiger partial charge is 0.381 e. The quantitative estimate of drug-likeness (QED) is 0.589. The zero-order valence-corrected chi connectivity index (χ0v) is 11.9. The van der Waals surface area contributed by atoms with Crippen LogP contribution in [0.15, 0.2) is 30.3 Å². The van der Waals surface area contributed by atoms with Gasteiger partial charge in [-0.3, -0.25) is 0 Å². The minimum atomic E-state index is 0.753. The predicted molar refractivity (Wildman–Crippen MR) is 78.1 cm³/mol. The van der Waals surface area contributed by atoms with Crippen molar-refractivity contribution in [3.63, 3.8) is 0 Å². The van der Waals surface area contributed by atoms with Crippen molar-refractivity contribution in [3.8, 4) is 0 Å². The predicted octanol–water partition coefficient (Wildman–Crippen LogP) is 4.19. The normalized spacial score (nSPS) is 15.4.